The minimum atomic E-state index is -0.0398. The number of carbonyl (C=O) groups is 1. The van der Waals surface area contributed by atoms with Gasteiger partial charge < -0.3 is 4.42 Å². The van der Waals surface area contributed by atoms with E-state index in [1.54, 1.807) is 6.07 Å². The smallest absolute Gasteiger partial charge is 0.228 e. The van der Waals surface area contributed by atoms with E-state index in [1.807, 2.05) is 30.3 Å². The molecule has 0 N–H and O–H groups in total. The zero-order valence-electron chi connectivity index (χ0n) is 9.75. The van der Waals surface area contributed by atoms with E-state index in [2.05, 4.69) is 9.97 Å². The average Bonchev–Trinajstić information content (AvgIpc) is 2.82. The highest BCUT2D eigenvalue weighted by molar-refractivity contribution is 5.96. The van der Waals surface area contributed by atoms with Gasteiger partial charge in [0.25, 0.3) is 0 Å². The molecule has 0 atom stereocenters. The fraction of sp³-hybridized carbons (Fsp3) is 0.0714. The third-order valence-electron chi connectivity index (χ3n) is 2.67. The fourth-order valence-electron chi connectivity index (χ4n) is 1.72. The van der Waals surface area contributed by atoms with Crippen molar-refractivity contribution in [2.24, 2.45) is 0 Å². The Bertz CT molecular complexity index is 717. The van der Waals surface area contributed by atoms with Crippen molar-refractivity contribution in [1.29, 1.82) is 0 Å². The minimum absolute atomic E-state index is 0.0398. The molecule has 0 radical (unpaired) electrons. The van der Waals surface area contributed by atoms with Gasteiger partial charge in [-0.1, -0.05) is 18.2 Å². The largest absolute Gasteiger partial charge is 0.434 e. The number of hydrogen-bond donors (Lipinski definition) is 0. The van der Waals surface area contributed by atoms with Crippen LogP contribution in [0.4, 0.5) is 0 Å². The van der Waals surface area contributed by atoms with Gasteiger partial charge in [0.15, 0.2) is 17.0 Å². The third-order valence-corrected chi connectivity index (χ3v) is 2.67. The predicted octanol–water partition coefficient (Wildman–Crippen LogP) is 3.09. The summed E-state index contributed by atoms with van der Waals surface area (Å²) < 4.78 is 5.62. The van der Waals surface area contributed by atoms with E-state index in [0.29, 0.717) is 22.7 Å². The van der Waals surface area contributed by atoms with Gasteiger partial charge in [0.2, 0.25) is 5.89 Å². The Hall–Kier alpha value is -2.49. The van der Waals surface area contributed by atoms with Gasteiger partial charge in [-0.05, 0) is 25.1 Å². The Kier molecular flexibility index (Phi) is 2.41. The van der Waals surface area contributed by atoms with E-state index >= 15 is 0 Å². The van der Waals surface area contributed by atoms with Crippen molar-refractivity contribution < 1.29 is 9.21 Å². The lowest BCUT2D eigenvalue weighted by Crippen LogP contribution is -1.92. The van der Waals surface area contributed by atoms with Crippen LogP contribution in [0, 0.1) is 0 Å². The summed E-state index contributed by atoms with van der Waals surface area (Å²) in [5.41, 5.74) is 2.46. The summed E-state index contributed by atoms with van der Waals surface area (Å²) >= 11 is 0. The number of oxazole rings is 1. The lowest BCUT2D eigenvalue weighted by atomic mass is 10.2. The van der Waals surface area contributed by atoms with E-state index in [4.69, 9.17) is 4.42 Å². The van der Waals surface area contributed by atoms with E-state index in [1.165, 1.54) is 13.1 Å². The standard InChI is InChI=1S/C14H10N2O2/c1-9(17)11-7-12-13(15-8-11)16-14(18-12)10-5-3-2-4-6-10/h2-8H,1H3. The van der Waals surface area contributed by atoms with Gasteiger partial charge in [-0.15, -0.1) is 0 Å². The van der Waals surface area contributed by atoms with E-state index < -0.39 is 0 Å². The molecule has 0 aliphatic carbocycles. The number of hydrogen-bond acceptors (Lipinski definition) is 4. The first-order valence-electron chi connectivity index (χ1n) is 5.57. The number of benzene rings is 1. The number of nitrogens with zero attached hydrogens (tertiary/aromatic N) is 2. The molecule has 0 unspecified atom stereocenters. The molecule has 3 rings (SSSR count). The first-order chi connectivity index (χ1) is 8.74. The van der Waals surface area contributed by atoms with Gasteiger partial charge >= 0.3 is 0 Å². The first kappa shape index (κ1) is 10.7. The van der Waals surface area contributed by atoms with Crippen molar-refractivity contribution in [3.05, 3.63) is 48.2 Å². The molecule has 0 aliphatic heterocycles. The molecule has 0 saturated carbocycles. The Morgan fingerprint density at radius 3 is 2.72 bits per heavy atom. The van der Waals surface area contributed by atoms with Crippen LogP contribution in [0.2, 0.25) is 0 Å². The van der Waals surface area contributed by atoms with E-state index in [-0.39, 0.29) is 5.78 Å². The number of pyridine rings is 1. The molecule has 0 amide bonds. The molecule has 88 valence electrons. The van der Waals surface area contributed by atoms with Crippen LogP contribution in [-0.2, 0) is 0 Å². The molecule has 0 saturated heterocycles. The zero-order valence-corrected chi connectivity index (χ0v) is 9.75. The zero-order chi connectivity index (χ0) is 12.5. The van der Waals surface area contributed by atoms with Crippen LogP contribution < -0.4 is 0 Å². The maximum absolute atomic E-state index is 11.3. The summed E-state index contributed by atoms with van der Waals surface area (Å²) in [5, 5.41) is 0. The number of rotatable bonds is 2. The normalized spacial score (nSPS) is 10.7. The highest BCUT2D eigenvalue weighted by Crippen LogP contribution is 2.23. The minimum Gasteiger partial charge on any atom is -0.434 e. The molecule has 0 spiro atoms. The van der Waals surface area contributed by atoms with Crippen LogP contribution in [0.1, 0.15) is 17.3 Å². The summed E-state index contributed by atoms with van der Waals surface area (Å²) in [6.07, 6.45) is 1.52. The fourth-order valence-corrected chi connectivity index (χ4v) is 1.72. The maximum Gasteiger partial charge on any atom is 0.228 e. The second-order valence-electron chi connectivity index (χ2n) is 3.99. The van der Waals surface area contributed by atoms with Crippen molar-refractivity contribution in [2.75, 3.05) is 0 Å². The van der Waals surface area contributed by atoms with Crippen molar-refractivity contribution >= 4 is 17.0 Å². The van der Waals surface area contributed by atoms with Crippen LogP contribution in [0.25, 0.3) is 22.7 Å². The van der Waals surface area contributed by atoms with Crippen molar-refractivity contribution in [3.8, 4) is 11.5 Å². The summed E-state index contributed by atoms with van der Waals surface area (Å²) in [4.78, 5) is 19.7. The van der Waals surface area contributed by atoms with Gasteiger partial charge in [-0.25, -0.2) is 4.98 Å². The number of Topliss-reactive ketones (excluding diaryl/α,β-unsaturated/α-hetero) is 1. The second kappa shape index (κ2) is 4.07. The molecule has 3 aromatic rings. The number of aromatic nitrogens is 2. The van der Waals surface area contributed by atoms with E-state index in [0.717, 1.165) is 5.56 Å². The van der Waals surface area contributed by atoms with Crippen molar-refractivity contribution in [2.45, 2.75) is 6.92 Å². The molecule has 4 nitrogen and oxygen atoms in total. The molecule has 2 heterocycles. The van der Waals surface area contributed by atoms with Crippen LogP contribution >= 0.6 is 0 Å². The predicted molar refractivity (Wildman–Crippen MR) is 67.2 cm³/mol. The lowest BCUT2D eigenvalue weighted by molar-refractivity contribution is 0.101. The highest BCUT2D eigenvalue weighted by atomic mass is 16.3. The van der Waals surface area contributed by atoms with E-state index in [9.17, 15) is 4.79 Å². The molecule has 0 bridgehead atoms. The number of carbonyl (C=O) groups excluding carboxylic acids is 1. The molecular formula is C14H10N2O2. The second-order valence-corrected chi connectivity index (χ2v) is 3.99. The average molecular weight is 238 g/mol. The molecular weight excluding hydrogens is 228 g/mol. The van der Waals surface area contributed by atoms with Crippen LogP contribution in [-0.4, -0.2) is 15.8 Å². The Balaban J connectivity index is 2.14. The quantitative estimate of drug-likeness (QED) is 0.644. The van der Waals surface area contributed by atoms with Crippen LogP contribution in [0.3, 0.4) is 0 Å². The van der Waals surface area contributed by atoms with Crippen molar-refractivity contribution in [1.82, 2.24) is 9.97 Å². The molecule has 4 heteroatoms. The van der Waals surface area contributed by atoms with Gasteiger partial charge in [0.05, 0.1) is 0 Å². The topological polar surface area (TPSA) is 56.0 Å². The number of fused-ring (bicyclic) bond motifs is 1. The highest BCUT2D eigenvalue weighted by Gasteiger charge is 2.10. The van der Waals surface area contributed by atoms with Crippen molar-refractivity contribution in [3.63, 3.8) is 0 Å². The first-order valence-corrected chi connectivity index (χ1v) is 5.57. The molecule has 0 fully saturated rings. The molecule has 1 aromatic carbocycles. The van der Waals surface area contributed by atoms with Crippen LogP contribution in [0.15, 0.2) is 47.0 Å². The third kappa shape index (κ3) is 1.78. The maximum atomic E-state index is 11.3. The lowest BCUT2D eigenvalue weighted by Gasteiger charge is -1.92. The molecule has 18 heavy (non-hydrogen) atoms. The summed E-state index contributed by atoms with van der Waals surface area (Å²) in [6.45, 7) is 1.50. The van der Waals surface area contributed by atoms with Gasteiger partial charge in [0.1, 0.15) is 0 Å². The Labute approximate surface area is 103 Å². The molecule has 0 aliphatic rings. The summed E-state index contributed by atoms with van der Waals surface area (Å²) in [7, 11) is 0. The van der Waals surface area contributed by atoms with Gasteiger partial charge in [-0.2, -0.15) is 4.98 Å². The SMILES string of the molecule is CC(=O)c1cnc2nc(-c3ccccc3)oc2c1. The monoisotopic (exact) mass is 238 g/mol. The Morgan fingerprint density at radius 2 is 2.00 bits per heavy atom. The summed E-state index contributed by atoms with van der Waals surface area (Å²) in [5.74, 6) is 0.473. The molecule has 2 aromatic heterocycles. The van der Waals surface area contributed by atoms with Gasteiger partial charge in [-0.3, -0.25) is 4.79 Å². The summed E-state index contributed by atoms with van der Waals surface area (Å²) in [6, 6.07) is 11.3. The van der Waals surface area contributed by atoms with Crippen LogP contribution in [0.5, 0.6) is 0 Å². The van der Waals surface area contributed by atoms with Gasteiger partial charge in [0, 0.05) is 17.3 Å². The Morgan fingerprint density at radius 1 is 1.22 bits per heavy atom. The number of ketones is 1.